The lowest BCUT2D eigenvalue weighted by atomic mass is 10.1. The number of nitrogens with zero attached hydrogens (tertiary/aromatic N) is 1. The van der Waals surface area contributed by atoms with E-state index in [9.17, 15) is 19.7 Å². The van der Waals surface area contributed by atoms with Crippen molar-refractivity contribution in [3.05, 3.63) is 86.2 Å². The van der Waals surface area contributed by atoms with E-state index in [4.69, 9.17) is 0 Å². The molecule has 3 aromatic rings. The predicted octanol–water partition coefficient (Wildman–Crippen LogP) is 2.72. The summed E-state index contributed by atoms with van der Waals surface area (Å²) in [6, 6.07) is 15.1. The number of aromatic nitrogens is 1. The van der Waals surface area contributed by atoms with Crippen molar-refractivity contribution in [3.63, 3.8) is 0 Å². The first-order chi connectivity index (χ1) is 12.5. The van der Waals surface area contributed by atoms with Crippen LogP contribution in [-0.4, -0.2) is 21.9 Å². The molecule has 26 heavy (non-hydrogen) atoms. The number of nitro benzene ring substituents is 1. The summed E-state index contributed by atoms with van der Waals surface area (Å²) >= 11 is 0. The maximum atomic E-state index is 12.7. The van der Waals surface area contributed by atoms with Crippen LogP contribution in [0.2, 0.25) is 0 Å². The van der Waals surface area contributed by atoms with E-state index < -0.39 is 16.4 Å². The zero-order valence-electron chi connectivity index (χ0n) is 13.6. The molecular formula is C19H15N3O4. The van der Waals surface area contributed by atoms with E-state index in [2.05, 4.69) is 10.3 Å². The second kappa shape index (κ2) is 6.11. The van der Waals surface area contributed by atoms with Gasteiger partial charge in [0.1, 0.15) is 0 Å². The monoisotopic (exact) mass is 349 g/mol. The van der Waals surface area contributed by atoms with Crippen molar-refractivity contribution in [1.82, 2.24) is 10.3 Å². The summed E-state index contributed by atoms with van der Waals surface area (Å²) in [5.41, 5.74) is 1.14. The topological polar surface area (TPSA) is 105 Å². The fourth-order valence-corrected chi connectivity index (χ4v) is 3.21. The number of non-ortho nitro benzene ring substituents is 1. The highest BCUT2D eigenvalue weighted by Gasteiger charge is 2.39. The third-order valence-corrected chi connectivity index (χ3v) is 4.62. The predicted molar refractivity (Wildman–Crippen MR) is 96.3 cm³/mol. The number of aromatic amines is 1. The summed E-state index contributed by atoms with van der Waals surface area (Å²) in [7, 11) is 0. The Balaban J connectivity index is 1.63. The van der Waals surface area contributed by atoms with Crippen molar-refractivity contribution in [2.24, 2.45) is 0 Å². The Hall–Kier alpha value is -3.48. The fraction of sp³-hybridized carbons (Fsp3) is 0.158. The molecular weight excluding hydrogens is 334 g/mol. The van der Waals surface area contributed by atoms with Gasteiger partial charge in [0.15, 0.2) is 0 Å². The van der Waals surface area contributed by atoms with E-state index in [1.165, 1.54) is 24.3 Å². The fourth-order valence-electron chi connectivity index (χ4n) is 3.21. The summed E-state index contributed by atoms with van der Waals surface area (Å²) in [6.07, 6.45) is 0.830. The Morgan fingerprint density at radius 1 is 1.15 bits per heavy atom. The number of rotatable bonds is 4. The van der Waals surface area contributed by atoms with Crippen molar-refractivity contribution < 1.29 is 9.72 Å². The third-order valence-electron chi connectivity index (χ3n) is 4.62. The van der Waals surface area contributed by atoms with E-state index in [1.807, 2.05) is 30.3 Å². The van der Waals surface area contributed by atoms with E-state index in [0.29, 0.717) is 10.9 Å². The molecule has 1 aliphatic rings. The summed E-state index contributed by atoms with van der Waals surface area (Å²) < 4.78 is 0. The van der Waals surface area contributed by atoms with Crippen LogP contribution in [0.5, 0.6) is 0 Å². The minimum absolute atomic E-state index is 0.00191. The Morgan fingerprint density at radius 3 is 2.65 bits per heavy atom. The van der Waals surface area contributed by atoms with Gasteiger partial charge >= 0.3 is 0 Å². The van der Waals surface area contributed by atoms with Crippen molar-refractivity contribution in [1.29, 1.82) is 0 Å². The number of benzene rings is 2. The van der Waals surface area contributed by atoms with Gasteiger partial charge in [-0.05, 0) is 18.1 Å². The number of H-pyrrole nitrogens is 1. The SMILES string of the molecule is O=C(NC1CC1c1ccccc1)c1cc(=O)[nH]c2ccc([N+](=O)[O-])cc12. The van der Waals surface area contributed by atoms with Crippen LogP contribution in [0, 0.1) is 10.1 Å². The zero-order chi connectivity index (χ0) is 18.3. The average Bonchev–Trinajstić information content (AvgIpc) is 3.40. The molecule has 7 nitrogen and oxygen atoms in total. The number of amides is 1. The molecule has 2 unspecified atom stereocenters. The van der Waals surface area contributed by atoms with Crippen LogP contribution >= 0.6 is 0 Å². The summed E-state index contributed by atoms with van der Waals surface area (Å²) in [6.45, 7) is 0. The molecule has 4 rings (SSSR count). The molecule has 2 N–H and O–H groups in total. The molecule has 1 saturated carbocycles. The second-order valence-electron chi connectivity index (χ2n) is 6.37. The number of hydrogen-bond donors (Lipinski definition) is 2. The van der Waals surface area contributed by atoms with Crippen LogP contribution in [0.25, 0.3) is 10.9 Å². The number of carbonyl (C=O) groups excluding carboxylic acids is 1. The molecule has 0 radical (unpaired) electrons. The molecule has 0 saturated heterocycles. The van der Waals surface area contributed by atoms with Gasteiger partial charge in [-0.2, -0.15) is 0 Å². The lowest BCUT2D eigenvalue weighted by molar-refractivity contribution is -0.384. The first kappa shape index (κ1) is 16.0. The largest absolute Gasteiger partial charge is 0.349 e. The van der Waals surface area contributed by atoms with Crippen LogP contribution in [-0.2, 0) is 0 Å². The maximum absolute atomic E-state index is 12.7. The molecule has 1 heterocycles. The minimum Gasteiger partial charge on any atom is -0.349 e. The summed E-state index contributed by atoms with van der Waals surface area (Å²) in [5.74, 6) is -0.146. The normalized spacial score (nSPS) is 18.5. The molecule has 1 fully saturated rings. The van der Waals surface area contributed by atoms with E-state index in [1.54, 1.807) is 0 Å². The van der Waals surface area contributed by atoms with E-state index in [0.717, 1.165) is 12.0 Å². The van der Waals surface area contributed by atoms with Gasteiger partial charge < -0.3 is 10.3 Å². The Labute approximate surface area is 147 Å². The highest BCUT2D eigenvalue weighted by atomic mass is 16.6. The zero-order valence-corrected chi connectivity index (χ0v) is 13.6. The first-order valence-electron chi connectivity index (χ1n) is 8.20. The molecule has 0 spiro atoms. The number of nitrogens with one attached hydrogen (secondary N) is 2. The van der Waals surface area contributed by atoms with Crippen LogP contribution in [0.3, 0.4) is 0 Å². The molecule has 1 aliphatic carbocycles. The van der Waals surface area contributed by atoms with Gasteiger partial charge in [-0.3, -0.25) is 19.7 Å². The number of fused-ring (bicyclic) bond motifs is 1. The van der Waals surface area contributed by atoms with Gasteiger partial charge in [-0.15, -0.1) is 0 Å². The van der Waals surface area contributed by atoms with Gasteiger partial charge in [0, 0.05) is 41.1 Å². The number of pyridine rings is 1. The van der Waals surface area contributed by atoms with E-state index in [-0.39, 0.29) is 23.2 Å². The van der Waals surface area contributed by atoms with Gasteiger partial charge in [0.05, 0.1) is 10.5 Å². The van der Waals surface area contributed by atoms with Crippen molar-refractivity contribution >= 4 is 22.5 Å². The van der Waals surface area contributed by atoms with Crippen molar-refractivity contribution in [2.75, 3.05) is 0 Å². The first-order valence-corrected chi connectivity index (χ1v) is 8.20. The number of carbonyl (C=O) groups is 1. The lowest BCUT2D eigenvalue weighted by Gasteiger charge is -2.08. The summed E-state index contributed by atoms with van der Waals surface area (Å²) in [4.78, 5) is 37.6. The maximum Gasteiger partial charge on any atom is 0.270 e. The molecule has 2 aromatic carbocycles. The van der Waals surface area contributed by atoms with Crippen LogP contribution in [0.15, 0.2) is 59.4 Å². The molecule has 2 atom stereocenters. The van der Waals surface area contributed by atoms with Crippen LogP contribution in [0.1, 0.15) is 28.3 Å². The number of hydrogen-bond acceptors (Lipinski definition) is 4. The van der Waals surface area contributed by atoms with Crippen molar-refractivity contribution in [2.45, 2.75) is 18.4 Å². The van der Waals surface area contributed by atoms with Crippen LogP contribution < -0.4 is 10.9 Å². The smallest absolute Gasteiger partial charge is 0.270 e. The molecule has 130 valence electrons. The Bertz CT molecular complexity index is 1080. The van der Waals surface area contributed by atoms with Crippen molar-refractivity contribution in [3.8, 4) is 0 Å². The van der Waals surface area contributed by atoms with Gasteiger partial charge in [0.2, 0.25) is 5.56 Å². The molecule has 1 amide bonds. The highest BCUT2D eigenvalue weighted by Crippen LogP contribution is 2.40. The molecule has 0 aliphatic heterocycles. The second-order valence-corrected chi connectivity index (χ2v) is 6.37. The molecule has 7 heteroatoms. The lowest BCUT2D eigenvalue weighted by Crippen LogP contribution is -2.28. The third kappa shape index (κ3) is 2.95. The molecule has 1 aromatic heterocycles. The minimum atomic E-state index is -0.529. The molecule has 0 bridgehead atoms. The van der Waals surface area contributed by atoms with Gasteiger partial charge in [-0.1, -0.05) is 30.3 Å². The number of nitro groups is 1. The standard InChI is InChI=1S/C19H15N3O4/c23-18-10-15(14-8-12(22(25)26)6-7-16(14)20-18)19(24)21-17-9-13(17)11-4-2-1-3-5-11/h1-8,10,13,17H,9H2,(H,20,23)(H,21,24). The highest BCUT2D eigenvalue weighted by molar-refractivity contribution is 6.06. The quantitative estimate of drug-likeness (QED) is 0.558. The van der Waals surface area contributed by atoms with Gasteiger partial charge in [-0.25, -0.2) is 0 Å². The summed E-state index contributed by atoms with van der Waals surface area (Å²) in [5, 5.41) is 14.3. The van der Waals surface area contributed by atoms with E-state index >= 15 is 0 Å². The average molecular weight is 349 g/mol. The van der Waals surface area contributed by atoms with Gasteiger partial charge in [0.25, 0.3) is 11.6 Å². The Morgan fingerprint density at radius 2 is 1.92 bits per heavy atom. The Kier molecular flexibility index (Phi) is 3.76. The van der Waals surface area contributed by atoms with Crippen LogP contribution in [0.4, 0.5) is 5.69 Å².